The van der Waals surface area contributed by atoms with Crippen molar-refractivity contribution in [2.24, 2.45) is 0 Å². The lowest BCUT2D eigenvalue weighted by Crippen LogP contribution is -2.55. The van der Waals surface area contributed by atoms with Gasteiger partial charge < -0.3 is 25.0 Å². The maximum Gasteiger partial charge on any atom is 0.263 e. The van der Waals surface area contributed by atoms with E-state index in [1.807, 2.05) is 6.07 Å². The number of piperidine rings is 1. The molecule has 2 fully saturated rings. The minimum Gasteiger partial charge on any atom is -0.476 e. The molecule has 1 aromatic heterocycles. The second-order valence-corrected chi connectivity index (χ2v) is 10.6. The Balaban J connectivity index is 1.35. The van der Waals surface area contributed by atoms with Gasteiger partial charge >= 0.3 is 0 Å². The van der Waals surface area contributed by atoms with Gasteiger partial charge in [-0.15, -0.1) is 0 Å². The summed E-state index contributed by atoms with van der Waals surface area (Å²) < 4.78 is 10.9. The number of carbonyl (C=O) groups is 2. The SMILES string of the molecule is COCCNC(=O)c1ccc(N2[C@@H]3CC[C@H]2C[C@@H](NC(=O)C(C)(C)Oc2ccc(Cl)cc2Cl)C3)nc1. The number of pyridine rings is 1. The van der Waals surface area contributed by atoms with Gasteiger partial charge in [0.1, 0.15) is 11.6 Å². The predicted octanol–water partition coefficient (Wildman–Crippen LogP) is 4.24. The molecule has 1 aromatic carbocycles. The molecular weight excluding hydrogens is 503 g/mol. The van der Waals surface area contributed by atoms with Crippen LogP contribution in [0.15, 0.2) is 36.5 Å². The van der Waals surface area contributed by atoms with E-state index in [0.29, 0.717) is 34.5 Å². The molecule has 3 atom stereocenters. The van der Waals surface area contributed by atoms with Crippen LogP contribution in [0, 0.1) is 0 Å². The maximum atomic E-state index is 13.1. The number of anilines is 1. The molecule has 0 unspecified atom stereocenters. The number of nitrogens with zero attached hydrogens (tertiary/aromatic N) is 2. The Morgan fingerprint density at radius 2 is 1.86 bits per heavy atom. The van der Waals surface area contributed by atoms with Crippen molar-refractivity contribution in [3.05, 3.63) is 52.1 Å². The van der Waals surface area contributed by atoms with Gasteiger partial charge in [-0.1, -0.05) is 23.2 Å². The lowest BCUT2D eigenvalue weighted by Gasteiger charge is -2.40. The van der Waals surface area contributed by atoms with Crippen molar-refractivity contribution >= 4 is 40.8 Å². The molecule has 0 spiro atoms. The Hall–Kier alpha value is -2.55. The lowest BCUT2D eigenvalue weighted by molar-refractivity contribution is -0.135. The van der Waals surface area contributed by atoms with Crippen LogP contribution in [0.2, 0.25) is 10.0 Å². The molecule has 3 heterocycles. The van der Waals surface area contributed by atoms with Crippen molar-refractivity contribution < 1.29 is 19.1 Å². The Morgan fingerprint density at radius 1 is 1.14 bits per heavy atom. The van der Waals surface area contributed by atoms with E-state index in [9.17, 15) is 9.59 Å². The third kappa shape index (κ3) is 6.05. The molecule has 2 saturated heterocycles. The minimum atomic E-state index is -1.10. The fourth-order valence-electron chi connectivity index (χ4n) is 4.95. The molecule has 10 heteroatoms. The number of amides is 2. The van der Waals surface area contributed by atoms with Gasteiger partial charge in [-0.2, -0.15) is 0 Å². The summed E-state index contributed by atoms with van der Waals surface area (Å²) in [5, 5.41) is 6.86. The first-order valence-electron chi connectivity index (χ1n) is 12.1. The highest BCUT2D eigenvalue weighted by Gasteiger charge is 2.43. The third-order valence-corrected chi connectivity index (χ3v) is 7.27. The highest BCUT2D eigenvalue weighted by molar-refractivity contribution is 6.35. The summed E-state index contributed by atoms with van der Waals surface area (Å²) in [5.41, 5.74) is -0.582. The van der Waals surface area contributed by atoms with Gasteiger partial charge in [0.15, 0.2) is 5.60 Å². The number of hydrogen-bond donors (Lipinski definition) is 2. The molecule has 2 N–H and O–H groups in total. The van der Waals surface area contributed by atoms with Gasteiger partial charge in [0.2, 0.25) is 0 Å². The Bertz CT molecular complexity index is 1080. The number of benzene rings is 1. The molecule has 2 aromatic rings. The zero-order chi connectivity index (χ0) is 25.9. The average Bonchev–Trinajstić information content (AvgIpc) is 3.11. The van der Waals surface area contributed by atoms with E-state index in [0.717, 1.165) is 31.5 Å². The monoisotopic (exact) mass is 534 g/mol. The van der Waals surface area contributed by atoms with Crippen molar-refractivity contribution in [2.45, 2.75) is 63.3 Å². The van der Waals surface area contributed by atoms with E-state index in [1.165, 1.54) is 0 Å². The Morgan fingerprint density at radius 3 is 2.47 bits per heavy atom. The number of rotatable bonds is 9. The molecular formula is C26H32Cl2N4O4. The molecule has 2 bridgehead atoms. The van der Waals surface area contributed by atoms with Crippen LogP contribution in [0.4, 0.5) is 5.82 Å². The number of nitrogens with one attached hydrogen (secondary N) is 2. The summed E-state index contributed by atoms with van der Waals surface area (Å²) in [6.45, 7) is 4.38. The summed E-state index contributed by atoms with van der Waals surface area (Å²) >= 11 is 12.2. The second kappa shape index (κ2) is 11.2. The van der Waals surface area contributed by atoms with Crippen molar-refractivity contribution in [2.75, 3.05) is 25.2 Å². The number of aromatic nitrogens is 1. The van der Waals surface area contributed by atoms with Crippen molar-refractivity contribution in [1.82, 2.24) is 15.6 Å². The maximum absolute atomic E-state index is 13.1. The molecule has 4 rings (SSSR count). The first kappa shape index (κ1) is 26.5. The van der Waals surface area contributed by atoms with Gasteiger partial charge in [-0.25, -0.2) is 4.98 Å². The van der Waals surface area contributed by atoms with Crippen LogP contribution in [0.3, 0.4) is 0 Å². The molecule has 36 heavy (non-hydrogen) atoms. The second-order valence-electron chi connectivity index (χ2n) is 9.77. The van der Waals surface area contributed by atoms with Crippen LogP contribution >= 0.6 is 23.2 Å². The standard InChI is InChI=1S/C26H32Cl2N4O4/c1-26(2,36-22-8-5-17(27)12-21(22)28)25(34)31-18-13-19-6-7-20(14-18)32(19)23-9-4-16(15-30-23)24(33)29-10-11-35-3/h4-5,8-9,12,15,18-20H,6-7,10-11,13-14H2,1-3H3,(H,29,33)(H,31,34)/t18-,19+,20-. The normalized spacial score (nSPS) is 21.2. The van der Waals surface area contributed by atoms with E-state index in [1.54, 1.807) is 51.4 Å². The number of fused-ring (bicyclic) bond motifs is 2. The van der Waals surface area contributed by atoms with Crippen LogP contribution < -0.4 is 20.3 Å². The Labute approximate surface area is 221 Å². The van der Waals surface area contributed by atoms with Crippen LogP contribution in [-0.4, -0.2) is 60.8 Å². The number of hydrogen-bond acceptors (Lipinski definition) is 6. The summed E-state index contributed by atoms with van der Waals surface area (Å²) in [6, 6.07) is 9.24. The fraction of sp³-hybridized carbons (Fsp3) is 0.500. The number of methoxy groups -OCH3 is 1. The first-order valence-corrected chi connectivity index (χ1v) is 12.9. The van der Waals surface area contributed by atoms with Gasteiger partial charge in [0.05, 0.1) is 17.2 Å². The number of halogens is 2. The van der Waals surface area contributed by atoms with E-state index in [2.05, 4.69) is 20.5 Å². The zero-order valence-electron chi connectivity index (χ0n) is 20.7. The summed E-state index contributed by atoms with van der Waals surface area (Å²) in [4.78, 5) is 32.3. The minimum absolute atomic E-state index is 0.0423. The zero-order valence-corrected chi connectivity index (χ0v) is 22.2. The molecule has 0 saturated carbocycles. The fourth-order valence-corrected chi connectivity index (χ4v) is 5.40. The highest BCUT2D eigenvalue weighted by atomic mass is 35.5. The van der Waals surface area contributed by atoms with Crippen LogP contribution in [0.25, 0.3) is 0 Å². The van der Waals surface area contributed by atoms with Gasteiger partial charge in [0, 0.05) is 43.0 Å². The van der Waals surface area contributed by atoms with E-state index in [4.69, 9.17) is 32.7 Å². The molecule has 0 aliphatic carbocycles. The quantitative estimate of drug-likeness (QED) is 0.467. The topological polar surface area (TPSA) is 92.8 Å². The molecule has 2 amide bonds. The van der Waals surface area contributed by atoms with Crippen LogP contribution in [0.1, 0.15) is 49.9 Å². The summed E-state index contributed by atoms with van der Waals surface area (Å²) in [6.07, 6.45) is 5.34. The summed E-state index contributed by atoms with van der Waals surface area (Å²) in [7, 11) is 1.59. The van der Waals surface area contributed by atoms with E-state index < -0.39 is 5.60 Å². The van der Waals surface area contributed by atoms with Crippen molar-refractivity contribution in [1.29, 1.82) is 0 Å². The molecule has 8 nitrogen and oxygen atoms in total. The number of carbonyl (C=O) groups excluding carboxylic acids is 2. The average molecular weight is 535 g/mol. The molecule has 2 aliphatic heterocycles. The van der Waals surface area contributed by atoms with E-state index >= 15 is 0 Å². The Kier molecular flexibility index (Phi) is 8.27. The molecule has 2 aliphatic rings. The van der Waals surface area contributed by atoms with Crippen LogP contribution in [-0.2, 0) is 9.53 Å². The van der Waals surface area contributed by atoms with Crippen molar-refractivity contribution in [3.8, 4) is 5.75 Å². The number of ether oxygens (including phenoxy) is 2. The van der Waals surface area contributed by atoms with E-state index in [-0.39, 0.29) is 29.9 Å². The van der Waals surface area contributed by atoms with Gasteiger partial charge in [-0.3, -0.25) is 9.59 Å². The lowest BCUT2D eigenvalue weighted by atomic mass is 9.96. The highest BCUT2D eigenvalue weighted by Crippen LogP contribution is 2.39. The summed E-state index contributed by atoms with van der Waals surface area (Å²) in [5.74, 6) is 0.924. The van der Waals surface area contributed by atoms with Crippen LogP contribution in [0.5, 0.6) is 5.75 Å². The first-order chi connectivity index (χ1) is 17.2. The molecule has 0 radical (unpaired) electrons. The predicted molar refractivity (Wildman–Crippen MR) is 140 cm³/mol. The molecule has 194 valence electrons. The van der Waals surface area contributed by atoms with Crippen molar-refractivity contribution in [3.63, 3.8) is 0 Å². The van der Waals surface area contributed by atoms with Gasteiger partial charge in [0.25, 0.3) is 11.8 Å². The largest absolute Gasteiger partial charge is 0.476 e. The third-order valence-electron chi connectivity index (χ3n) is 6.74. The van der Waals surface area contributed by atoms with Gasteiger partial charge in [-0.05, 0) is 69.9 Å². The smallest absolute Gasteiger partial charge is 0.263 e.